The second-order valence-electron chi connectivity index (χ2n) is 13.8. The molecule has 0 bridgehead atoms. The lowest BCUT2D eigenvalue weighted by Crippen LogP contribution is -2.58. The molecule has 0 spiro atoms. The number of carboxylic acid groups (broad SMARTS) is 1. The van der Waals surface area contributed by atoms with Crippen LogP contribution in [0.4, 0.5) is 4.79 Å². The van der Waals surface area contributed by atoms with Gasteiger partial charge in [0.05, 0.1) is 17.3 Å². The molecule has 2 saturated heterocycles. The summed E-state index contributed by atoms with van der Waals surface area (Å²) in [5, 5.41) is 16.9. The average molecular weight is 692 g/mol. The molecule has 4 aliphatic rings. The van der Waals surface area contributed by atoms with Crippen molar-refractivity contribution in [3.05, 3.63) is 48.5 Å². The summed E-state index contributed by atoms with van der Waals surface area (Å²) in [7, 11) is -3.86. The molecule has 5 atom stereocenters. The highest BCUT2D eigenvalue weighted by molar-refractivity contribution is 7.91. The van der Waals surface area contributed by atoms with Gasteiger partial charge < -0.3 is 25.4 Å². The Labute approximate surface area is 284 Å². The maximum Gasteiger partial charge on any atom is 0.405 e. The normalized spacial score (nSPS) is 28.0. The van der Waals surface area contributed by atoms with Crippen LogP contribution in [0.3, 0.4) is 0 Å². The smallest absolute Gasteiger partial charge is 0.405 e. The predicted molar refractivity (Wildman–Crippen MR) is 180 cm³/mol. The van der Waals surface area contributed by atoms with E-state index in [4.69, 9.17) is 9.72 Å². The molecular formula is C35H41N5O8S. The molecule has 14 heteroatoms. The average Bonchev–Trinajstić information content (AvgIpc) is 4.00. The number of hydrogen-bond acceptors (Lipinski definition) is 8. The van der Waals surface area contributed by atoms with Crippen molar-refractivity contribution in [2.45, 2.75) is 99.6 Å². The molecule has 1 aromatic heterocycles. The third kappa shape index (κ3) is 6.75. The number of carbonyl (C=O) groups is 4. The van der Waals surface area contributed by atoms with Crippen LogP contribution < -0.4 is 20.1 Å². The third-order valence-electron chi connectivity index (χ3n) is 10.4. The number of benzene rings is 2. The fraction of sp³-hybridized carbons (Fsp3) is 0.514. The monoisotopic (exact) mass is 691 g/mol. The van der Waals surface area contributed by atoms with Gasteiger partial charge in [-0.25, -0.2) is 18.2 Å². The fourth-order valence-corrected chi connectivity index (χ4v) is 8.89. The minimum absolute atomic E-state index is 0.0176. The van der Waals surface area contributed by atoms with Gasteiger partial charge in [0.15, 0.2) is 0 Å². The summed E-state index contributed by atoms with van der Waals surface area (Å²) in [6.07, 6.45) is 4.11. The number of fused-ring (bicyclic) bond motifs is 5. The van der Waals surface area contributed by atoms with Gasteiger partial charge in [0.25, 0.3) is 5.91 Å². The Hall–Kier alpha value is -4.46. The first kappa shape index (κ1) is 33.1. The highest BCUT2D eigenvalue weighted by atomic mass is 32.2. The topological polar surface area (TPSA) is 184 Å². The molecule has 2 aromatic carbocycles. The number of carbonyl (C=O) groups excluding carboxylic acids is 3. The van der Waals surface area contributed by atoms with Gasteiger partial charge in [-0.3, -0.25) is 19.1 Å². The standard InChI is InChI=1S/C35H41N5O8S/c41-30-29-18-22(48-31-26-13-7-6-11-24(26)25-12-8-9-14-27(25)36-31)20-40(29)32(42)28(37-34(44)45)15-5-3-1-2-4-10-21-19-35(21,38-30)33(43)39-49(46,47)23-16-17-23/h6-9,11-14,21-23,28-29,37H,1-5,10,15-20H2,(H,38,41)(H,39,43)(H,44,45)/t21-,22-,28+,29?,35+/m1/s1. The number of aromatic nitrogens is 1. The van der Waals surface area contributed by atoms with Crippen molar-refractivity contribution in [1.82, 2.24) is 25.2 Å². The van der Waals surface area contributed by atoms with E-state index >= 15 is 0 Å². The Morgan fingerprint density at radius 1 is 0.918 bits per heavy atom. The minimum atomic E-state index is -3.86. The number of amides is 4. The Morgan fingerprint density at radius 3 is 2.33 bits per heavy atom. The highest BCUT2D eigenvalue weighted by Gasteiger charge is 2.62. The highest BCUT2D eigenvalue weighted by Crippen LogP contribution is 2.48. The second-order valence-corrected chi connectivity index (χ2v) is 15.8. The molecule has 3 heterocycles. The van der Waals surface area contributed by atoms with Gasteiger partial charge in [-0.1, -0.05) is 68.5 Å². The van der Waals surface area contributed by atoms with Crippen LogP contribution in [-0.2, 0) is 24.4 Å². The quantitative estimate of drug-likeness (QED) is 0.281. The molecule has 1 unspecified atom stereocenters. The third-order valence-corrected chi connectivity index (χ3v) is 12.2. The summed E-state index contributed by atoms with van der Waals surface area (Å²) >= 11 is 0. The van der Waals surface area contributed by atoms with Gasteiger partial charge in [0.1, 0.15) is 23.7 Å². The van der Waals surface area contributed by atoms with Crippen molar-refractivity contribution in [3.63, 3.8) is 0 Å². The van der Waals surface area contributed by atoms with E-state index in [1.165, 1.54) is 4.90 Å². The molecule has 49 heavy (non-hydrogen) atoms. The maximum atomic E-state index is 14.2. The largest absolute Gasteiger partial charge is 0.472 e. The van der Waals surface area contributed by atoms with Crippen LogP contribution in [0.15, 0.2) is 48.5 Å². The predicted octanol–water partition coefficient (Wildman–Crippen LogP) is 3.60. The van der Waals surface area contributed by atoms with Crippen molar-refractivity contribution < 1.29 is 37.4 Å². The van der Waals surface area contributed by atoms with E-state index in [1.54, 1.807) is 0 Å². The second kappa shape index (κ2) is 13.1. The van der Waals surface area contributed by atoms with Gasteiger partial charge in [-0.15, -0.1) is 0 Å². The number of hydrogen-bond donors (Lipinski definition) is 4. The molecule has 13 nitrogen and oxygen atoms in total. The molecule has 7 rings (SSSR count). The van der Waals surface area contributed by atoms with Crippen molar-refractivity contribution in [2.75, 3.05) is 6.54 Å². The van der Waals surface area contributed by atoms with Crippen LogP contribution in [0.25, 0.3) is 21.7 Å². The molecular weight excluding hydrogens is 650 g/mol. The van der Waals surface area contributed by atoms with E-state index < -0.39 is 62.8 Å². The van der Waals surface area contributed by atoms with Gasteiger partial charge in [0, 0.05) is 17.2 Å². The lowest BCUT2D eigenvalue weighted by molar-refractivity contribution is -0.141. The Kier molecular flexibility index (Phi) is 8.84. The first-order valence-electron chi connectivity index (χ1n) is 17.2. The number of nitrogens with zero attached hydrogens (tertiary/aromatic N) is 2. The van der Waals surface area contributed by atoms with E-state index in [9.17, 15) is 32.7 Å². The van der Waals surface area contributed by atoms with Gasteiger partial charge in [-0.2, -0.15) is 0 Å². The van der Waals surface area contributed by atoms with Gasteiger partial charge >= 0.3 is 6.09 Å². The zero-order valence-corrected chi connectivity index (χ0v) is 27.9. The lowest BCUT2D eigenvalue weighted by Gasteiger charge is -2.29. The SMILES string of the molecule is O=C(O)N[C@H]1CCCCCCC[C@@H]2C[C@]2(C(=O)NS(=O)(=O)C2CC2)NC(=O)C2C[C@@H](Oc3nc4ccccc4c4ccccc34)CN2C1=O. The van der Waals surface area contributed by atoms with E-state index in [0.29, 0.717) is 38.0 Å². The van der Waals surface area contributed by atoms with E-state index in [-0.39, 0.29) is 25.3 Å². The zero-order valence-electron chi connectivity index (χ0n) is 27.1. The molecule has 2 aliphatic heterocycles. The number of rotatable bonds is 6. The molecule has 4 amide bonds. The number of nitrogens with one attached hydrogen (secondary N) is 3. The van der Waals surface area contributed by atoms with Crippen LogP contribution in [0.2, 0.25) is 0 Å². The van der Waals surface area contributed by atoms with Crippen molar-refractivity contribution in [1.29, 1.82) is 0 Å². The summed E-state index contributed by atoms with van der Waals surface area (Å²) in [4.78, 5) is 59.8. The van der Waals surface area contributed by atoms with Crippen molar-refractivity contribution in [3.8, 4) is 5.88 Å². The fourth-order valence-electron chi connectivity index (χ4n) is 7.52. The Bertz CT molecular complexity index is 1920. The van der Waals surface area contributed by atoms with Crippen molar-refractivity contribution in [2.24, 2.45) is 5.92 Å². The van der Waals surface area contributed by atoms with Crippen LogP contribution >= 0.6 is 0 Å². The first-order chi connectivity index (χ1) is 23.6. The summed E-state index contributed by atoms with van der Waals surface area (Å²) in [6.45, 7) is -0.0176. The number of pyridine rings is 1. The molecule has 4 N–H and O–H groups in total. The zero-order chi connectivity index (χ0) is 34.3. The van der Waals surface area contributed by atoms with Crippen LogP contribution in [0, 0.1) is 5.92 Å². The number of ether oxygens (including phenoxy) is 1. The lowest BCUT2D eigenvalue weighted by atomic mass is 10.0. The van der Waals surface area contributed by atoms with Crippen LogP contribution in [0.1, 0.15) is 70.6 Å². The molecule has 260 valence electrons. The van der Waals surface area contributed by atoms with Gasteiger partial charge in [-0.05, 0) is 55.5 Å². The number of sulfonamides is 1. The van der Waals surface area contributed by atoms with Crippen molar-refractivity contribution >= 4 is 55.5 Å². The molecule has 0 radical (unpaired) electrons. The summed E-state index contributed by atoms with van der Waals surface area (Å²) in [6, 6.07) is 13.2. The summed E-state index contributed by atoms with van der Waals surface area (Å²) < 4.78 is 34.2. The van der Waals surface area contributed by atoms with Crippen LogP contribution in [0.5, 0.6) is 5.88 Å². The summed E-state index contributed by atoms with van der Waals surface area (Å²) in [5.74, 6) is -1.81. The van der Waals surface area contributed by atoms with E-state index in [1.807, 2.05) is 48.5 Å². The number of para-hydroxylation sites is 1. The maximum absolute atomic E-state index is 14.2. The first-order valence-corrected chi connectivity index (χ1v) is 18.7. The minimum Gasteiger partial charge on any atom is -0.472 e. The summed E-state index contributed by atoms with van der Waals surface area (Å²) in [5.41, 5.74) is -0.695. The van der Waals surface area contributed by atoms with E-state index in [2.05, 4.69) is 15.4 Å². The molecule has 2 aliphatic carbocycles. The Morgan fingerprint density at radius 2 is 1.59 bits per heavy atom. The van der Waals surface area contributed by atoms with Gasteiger partial charge in [0.2, 0.25) is 27.7 Å². The molecule has 3 aromatic rings. The van der Waals surface area contributed by atoms with E-state index in [0.717, 1.165) is 47.4 Å². The molecule has 2 saturated carbocycles. The van der Waals surface area contributed by atoms with Crippen LogP contribution in [-0.4, -0.2) is 82.7 Å². The molecule has 4 fully saturated rings. The Balaban J connectivity index is 1.20.